The van der Waals surface area contributed by atoms with Gasteiger partial charge in [-0.25, -0.2) is 9.97 Å². The standard InChI is InChI=1S/C12H12N2OS/c1-7(2)15-11-10-8-4-3-5-9(8)16-12(10)14-6-13-11/h3-4,6-7H,5H2,1-2H3. The van der Waals surface area contributed by atoms with Gasteiger partial charge in [0.2, 0.25) is 5.88 Å². The third kappa shape index (κ3) is 1.41. The van der Waals surface area contributed by atoms with E-state index in [0.29, 0.717) is 5.88 Å². The van der Waals surface area contributed by atoms with Gasteiger partial charge in [-0.15, -0.1) is 11.3 Å². The van der Waals surface area contributed by atoms with Gasteiger partial charge in [-0.05, 0) is 13.8 Å². The Morgan fingerprint density at radius 3 is 3.06 bits per heavy atom. The van der Waals surface area contributed by atoms with E-state index in [1.807, 2.05) is 13.8 Å². The summed E-state index contributed by atoms with van der Waals surface area (Å²) in [5.74, 6) is 0.712. The van der Waals surface area contributed by atoms with Crippen LogP contribution in [0.1, 0.15) is 24.3 Å². The summed E-state index contributed by atoms with van der Waals surface area (Å²) in [5.41, 5.74) is 1.25. The van der Waals surface area contributed by atoms with Crippen molar-refractivity contribution < 1.29 is 4.74 Å². The molecule has 0 bridgehead atoms. The Balaban J connectivity index is 2.24. The molecule has 0 amide bonds. The van der Waals surface area contributed by atoms with Crippen molar-refractivity contribution in [2.24, 2.45) is 0 Å². The van der Waals surface area contributed by atoms with Crippen LogP contribution in [0, 0.1) is 0 Å². The van der Waals surface area contributed by atoms with Crippen molar-refractivity contribution in [2.75, 3.05) is 0 Å². The van der Waals surface area contributed by atoms with Gasteiger partial charge >= 0.3 is 0 Å². The molecule has 0 aliphatic heterocycles. The van der Waals surface area contributed by atoms with E-state index in [0.717, 1.165) is 16.6 Å². The Morgan fingerprint density at radius 2 is 2.25 bits per heavy atom. The van der Waals surface area contributed by atoms with Crippen molar-refractivity contribution in [3.8, 4) is 5.88 Å². The number of allylic oxidation sites excluding steroid dienone is 1. The van der Waals surface area contributed by atoms with E-state index in [-0.39, 0.29) is 6.10 Å². The molecular formula is C12H12N2OS. The zero-order valence-corrected chi connectivity index (χ0v) is 10.0. The first-order valence-electron chi connectivity index (χ1n) is 5.35. The van der Waals surface area contributed by atoms with Crippen molar-refractivity contribution in [1.29, 1.82) is 0 Å². The van der Waals surface area contributed by atoms with Gasteiger partial charge in [0.05, 0.1) is 11.5 Å². The third-order valence-electron chi connectivity index (χ3n) is 2.50. The molecule has 2 aromatic heterocycles. The highest BCUT2D eigenvalue weighted by Gasteiger charge is 2.18. The molecule has 2 heterocycles. The molecule has 0 saturated heterocycles. The second-order valence-electron chi connectivity index (χ2n) is 4.07. The van der Waals surface area contributed by atoms with E-state index in [1.54, 1.807) is 17.7 Å². The first-order valence-corrected chi connectivity index (χ1v) is 6.17. The third-order valence-corrected chi connectivity index (χ3v) is 3.64. The first kappa shape index (κ1) is 9.78. The molecule has 0 fully saturated rings. The SMILES string of the molecule is CC(C)Oc1ncnc2sc3c(c12)C=CC3. The fourth-order valence-corrected chi connectivity index (χ4v) is 2.99. The Kier molecular flexibility index (Phi) is 2.17. The molecule has 16 heavy (non-hydrogen) atoms. The van der Waals surface area contributed by atoms with E-state index >= 15 is 0 Å². The van der Waals surface area contributed by atoms with Gasteiger partial charge in [-0.1, -0.05) is 12.2 Å². The van der Waals surface area contributed by atoms with Gasteiger partial charge in [0, 0.05) is 16.9 Å². The van der Waals surface area contributed by atoms with Crippen LogP contribution in [0.2, 0.25) is 0 Å². The molecule has 2 aromatic rings. The lowest BCUT2D eigenvalue weighted by molar-refractivity contribution is 0.236. The van der Waals surface area contributed by atoms with Crippen LogP contribution < -0.4 is 4.74 Å². The van der Waals surface area contributed by atoms with Crippen LogP contribution >= 0.6 is 11.3 Å². The lowest BCUT2D eigenvalue weighted by Gasteiger charge is -2.09. The van der Waals surface area contributed by atoms with E-state index < -0.39 is 0 Å². The molecule has 0 atom stereocenters. The predicted octanol–water partition coefficient (Wildman–Crippen LogP) is 3.05. The second kappa shape index (κ2) is 3.56. The quantitative estimate of drug-likeness (QED) is 0.798. The molecule has 0 radical (unpaired) electrons. The molecule has 3 rings (SSSR count). The molecule has 1 aliphatic rings. The molecule has 0 spiro atoms. The fraction of sp³-hybridized carbons (Fsp3) is 0.333. The summed E-state index contributed by atoms with van der Waals surface area (Å²) in [6, 6.07) is 0. The number of thiophene rings is 1. The normalized spacial score (nSPS) is 13.7. The van der Waals surface area contributed by atoms with Gasteiger partial charge in [-0.2, -0.15) is 0 Å². The average molecular weight is 232 g/mol. The Hall–Kier alpha value is -1.42. The van der Waals surface area contributed by atoms with Crippen LogP contribution in [0.5, 0.6) is 5.88 Å². The highest BCUT2D eigenvalue weighted by atomic mass is 32.1. The fourth-order valence-electron chi connectivity index (χ4n) is 1.90. The van der Waals surface area contributed by atoms with Crippen LogP contribution in [-0.4, -0.2) is 16.1 Å². The maximum Gasteiger partial charge on any atom is 0.226 e. The summed E-state index contributed by atoms with van der Waals surface area (Å²) < 4.78 is 5.73. The predicted molar refractivity (Wildman–Crippen MR) is 65.9 cm³/mol. The number of aromatic nitrogens is 2. The van der Waals surface area contributed by atoms with E-state index in [1.165, 1.54) is 10.4 Å². The minimum Gasteiger partial charge on any atom is -0.474 e. The number of nitrogens with zero attached hydrogens (tertiary/aromatic N) is 2. The summed E-state index contributed by atoms with van der Waals surface area (Å²) >= 11 is 1.73. The van der Waals surface area contributed by atoms with Gasteiger partial charge in [-0.3, -0.25) is 0 Å². The Bertz CT molecular complexity index is 572. The number of hydrogen-bond donors (Lipinski definition) is 0. The number of rotatable bonds is 2. The molecule has 3 nitrogen and oxygen atoms in total. The van der Waals surface area contributed by atoms with Crippen LogP contribution in [0.25, 0.3) is 16.3 Å². The lowest BCUT2D eigenvalue weighted by Crippen LogP contribution is -2.07. The Labute approximate surface area is 97.8 Å². The van der Waals surface area contributed by atoms with E-state index in [9.17, 15) is 0 Å². The minimum absolute atomic E-state index is 0.138. The lowest BCUT2D eigenvalue weighted by atomic mass is 10.2. The molecule has 0 N–H and O–H groups in total. The van der Waals surface area contributed by atoms with Crippen LogP contribution in [0.4, 0.5) is 0 Å². The highest BCUT2D eigenvalue weighted by Crippen LogP contribution is 2.39. The smallest absolute Gasteiger partial charge is 0.226 e. The van der Waals surface area contributed by atoms with Crippen molar-refractivity contribution >= 4 is 27.6 Å². The summed E-state index contributed by atoms with van der Waals surface area (Å²) in [5, 5.41) is 1.07. The summed E-state index contributed by atoms with van der Waals surface area (Å²) in [7, 11) is 0. The van der Waals surface area contributed by atoms with Crippen LogP contribution in [0.15, 0.2) is 12.4 Å². The summed E-state index contributed by atoms with van der Waals surface area (Å²) in [6.07, 6.45) is 7.05. The highest BCUT2D eigenvalue weighted by molar-refractivity contribution is 7.19. The molecule has 0 saturated carbocycles. The van der Waals surface area contributed by atoms with Gasteiger partial charge in [0.15, 0.2) is 0 Å². The Morgan fingerprint density at radius 1 is 1.38 bits per heavy atom. The molecule has 0 unspecified atom stereocenters. The van der Waals surface area contributed by atoms with E-state index in [2.05, 4.69) is 22.1 Å². The second-order valence-corrected chi connectivity index (χ2v) is 5.15. The average Bonchev–Trinajstić information content (AvgIpc) is 2.75. The van der Waals surface area contributed by atoms with Crippen molar-refractivity contribution in [3.05, 3.63) is 22.8 Å². The maximum absolute atomic E-state index is 5.73. The molecule has 82 valence electrons. The first-order chi connectivity index (χ1) is 7.75. The molecular weight excluding hydrogens is 220 g/mol. The van der Waals surface area contributed by atoms with Gasteiger partial charge in [0.1, 0.15) is 11.2 Å². The zero-order valence-electron chi connectivity index (χ0n) is 9.23. The van der Waals surface area contributed by atoms with Crippen molar-refractivity contribution in [3.63, 3.8) is 0 Å². The zero-order chi connectivity index (χ0) is 11.1. The molecule has 0 aromatic carbocycles. The van der Waals surface area contributed by atoms with Crippen molar-refractivity contribution in [2.45, 2.75) is 26.4 Å². The summed E-state index contributed by atoms with van der Waals surface area (Å²) in [4.78, 5) is 10.9. The van der Waals surface area contributed by atoms with Crippen molar-refractivity contribution in [1.82, 2.24) is 9.97 Å². The van der Waals surface area contributed by atoms with Crippen LogP contribution in [-0.2, 0) is 6.42 Å². The maximum atomic E-state index is 5.73. The topological polar surface area (TPSA) is 35.0 Å². The number of fused-ring (bicyclic) bond motifs is 3. The summed E-state index contributed by atoms with van der Waals surface area (Å²) in [6.45, 7) is 4.02. The molecule has 1 aliphatic carbocycles. The van der Waals surface area contributed by atoms with Crippen LogP contribution in [0.3, 0.4) is 0 Å². The van der Waals surface area contributed by atoms with Gasteiger partial charge in [0.25, 0.3) is 0 Å². The minimum atomic E-state index is 0.138. The molecule has 4 heteroatoms. The number of hydrogen-bond acceptors (Lipinski definition) is 4. The largest absolute Gasteiger partial charge is 0.474 e. The monoisotopic (exact) mass is 232 g/mol. The van der Waals surface area contributed by atoms with Gasteiger partial charge < -0.3 is 4.74 Å². The van der Waals surface area contributed by atoms with E-state index in [4.69, 9.17) is 4.74 Å². The number of ether oxygens (including phenoxy) is 1.